The number of carbonyl (C=O) groups is 1. The molecule has 1 saturated heterocycles. The molecule has 19 heavy (non-hydrogen) atoms. The number of rotatable bonds is 2. The smallest absolute Gasteiger partial charge is 0.254 e. The maximum absolute atomic E-state index is 12.7. The molecule has 0 bridgehead atoms. The van der Waals surface area contributed by atoms with Gasteiger partial charge in [-0.1, -0.05) is 34.5 Å². The summed E-state index contributed by atoms with van der Waals surface area (Å²) in [5.74, 6) is 0.997. The van der Waals surface area contributed by atoms with Crippen LogP contribution in [0.15, 0.2) is 24.3 Å². The van der Waals surface area contributed by atoms with E-state index in [9.17, 15) is 4.79 Å². The molecule has 1 aromatic rings. The zero-order valence-electron chi connectivity index (χ0n) is 11.1. The summed E-state index contributed by atoms with van der Waals surface area (Å²) in [5, 5.41) is 0.843. The molecule has 102 valence electrons. The molecule has 1 amide bonds. The Hall–Kier alpha value is -0.830. The number of alkyl halides is 1. The van der Waals surface area contributed by atoms with Gasteiger partial charge in [0.1, 0.15) is 0 Å². The Morgan fingerprint density at radius 1 is 1.16 bits per heavy atom. The van der Waals surface area contributed by atoms with Gasteiger partial charge >= 0.3 is 0 Å². The van der Waals surface area contributed by atoms with Crippen molar-refractivity contribution in [3.8, 4) is 0 Å². The molecule has 0 spiro atoms. The number of carbonyl (C=O) groups excluding carboxylic acids is 1. The van der Waals surface area contributed by atoms with Gasteiger partial charge in [0.05, 0.1) is 0 Å². The first-order chi connectivity index (χ1) is 9.29. The van der Waals surface area contributed by atoms with Gasteiger partial charge < -0.3 is 4.90 Å². The summed E-state index contributed by atoms with van der Waals surface area (Å²) in [6, 6.07) is 8.53. The van der Waals surface area contributed by atoms with Crippen molar-refractivity contribution < 1.29 is 4.79 Å². The van der Waals surface area contributed by atoms with Gasteiger partial charge in [0.15, 0.2) is 0 Å². The molecule has 1 aliphatic carbocycles. The summed E-state index contributed by atoms with van der Waals surface area (Å²) in [7, 11) is 0. The van der Waals surface area contributed by atoms with E-state index in [4.69, 9.17) is 0 Å². The number of piperidine rings is 1. The van der Waals surface area contributed by atoms with Gasteiger partial charge in [0.2, 0.25) is 0 Å². The second kappa shape index (κ2) is 5.66. The van der Waals surface area contributed by atoms with Gasteiger partial charge in [-0.3, -0.25) is 4.79 Å². The highest BCUT2D eigenvalue weighted by molar-refractivity contribution is 9.08. The van der Waals surface area contributed by atoms with E-state index in [2.05, 4.69) is 20.8 Å². The lowest BCUT2D eigenvalue weighted by atomic mass is 9.91. The summed E-state index contributed by atoms with van der Waals surface area (Å²) in [6.07, 6.45) is 6.30. The van der Waals surface area contributed by atoms with Gasteiger partial charge in [-0.2, -0.15) is 0 Å². The fourth-order valence-electron chi connectivity index (χ4n) is 3.61. The Bertz CT molecular complexity index is 456. The molecule has 3 heteroatoms. The quantitative estimate of drug-likeness (QED) is 0.754. The van der Waals surface area contributed by atoms with Crippen molar-refractivity contribution in [2.75, 3.05) is 6.54 Å². The van der Waals surface area contributed by atoms with Crippen LogP contribution in [0.1, 0.15) is 48.0 Å². The summed E-state index contributed by atoms with van der Waals surface area (Å²) < 4.78 is 0. The van der Waals surface area contributed by atoms with Crippen LogP contribution < -0.4 is 0 Å². The number of hydrogen-bond acceptors (Lipinski definition) is 1. The first kappa shape index (κ1) is 13.2. The highest BCUT2D eigenvalue weighted by atomic mass is 79.9. The Morgan fingerprint density at radius 3 is 2.63 bits per heavy atom. The Morgan fingerprint density at radius 2 is 1.89 bits per heavy atom. The van der Waals surface area contributed by atoms with Gasteiger partial charge in [-0.05, 0) is 49.3 Å². The zero-order chi connectivity index (χ0) is 13.2. The van der Waals surface area contributed by atoms with Crippen LogP contribution in [-0.4, -0.2) is 23.4 Å². The highest BCUT2D eigenvalue weighted by Crippen LogP contribution is 2.37. The molecule has 1 aromatic carbocycles. The fraction of sp³-hybridized carbons (Fsp3) is 0.562. The molecule has 1 aliphatic heterocycles. The van der Waals surface area contributed by atoms with Gasteiger partial charge in [0.25, 0.3) is 5.91 Å². The number of amides is 1. The van der Waals surface area contributed by atoms with E-state index < -0.39 is 0 Å². The van der Waals surface area contributed by atoms with Gasteiger partial charge in [0, 0.05) is 23.5 Å². The standard InChI is InChI=1S/C16H20BrNO/c17-11-12-6-8-14(9-7-12)16(19)18-10-2-4-13-3-1-5-15(13)18/h6-9,13,15H,1-5,10-11H2. The lowest BCUT2D eigenvalue weighted by Crippen LogP contribution is -2.46. The Kier molecular flexibility index (Phi) is 3.92. The van der Waals surface area contributed by atoms with E-state index in [0.29, 0.717) is 6.04 Å². The fourth-order valence-corrected chi connectivity index (χ4v) is 3.98. The van der Waals surface area contributed by atoms with Crippen LogP contribution in [0.25, 0.3) is 0 Å². The lowest BCUT2D eigenvalue weighted by molar-refractivity contribution is 0.0548. The second-order valence-corrected chi connectivity index (χ2v) is 6.29. The third-order valence-electron chi connectivity index (χ3n) is 4.61. The topological polar surface area (TPSA) is 20.3 Å². The SMILES string of the molecule is O=C(c1ccc(CBr)cc1)N1CCCC2CCCC21. The predicted molar refractivity (Wildman–Crippen MR) is 80.5 cm³/mol. The summed E-state index contributed by atoms with van der Waals surface area (Å²) in [4.78, 5) is 14.8. The van der Waals surface area contributed by atoms with E-state index in [0.717, 1.165) is 23.4 Å². The van der Waals surface area contributed by atoms with E-state index in [1.54, 1.807) is 0 Å². The molecule has 2 fully saturated rings. The van der Waals surface area contributed by atoms with E-state index >= 15 is 0 Å². The third-order valence-corrected chi connectivity index (χ3v) is 5.26. The van der Waals surface area contributed by atoms with Crippen LogP contribution in [0, 0.1) is 5.92 Å². The molecule has 0 aromatic heterocycles. The van der Waals surface area contributed by atoms with E-state index in [-0.39, 0.29) is 5.91 Å². The van der Waals surface area contributed by atoms with Gasteiger partial charge in [-0.25, -0.2) is 0 Å². The minimum atomic E-state index is 0.234. The van der Waals surface area contributed by atoms with Crippen molar-refractivity contribution in [3.63, 3.8) is 0 Å². The maximum Gasteiger partial charge on any atom is 0.254 e. The molecular weight excluding hydrogens is 302 g/mol. The number of nitrogens with zero attached hydrogens (tertiary/aromatic N) is 1. The first-order valence-corrected chi connectivity index (χ1v) is 8.37. The molecule has 2 atom stereocenters. The lowest BCUT2D eigenvalue weighted by Gasteiger charge is -2.37. The normalized spacial score (nSPS) is 26.3. The third kappa shape index (κ3) is 2.58. The molecule has 2 unspecified atom stereocenters. The number of likely N-dealkylation sites (tertiary alicyclic amines) is 1. The average molecular weight is 322 g/mol. The highest BCUT2D eigenvalue weighted by Gasteiger charge is 2.37. The Labute approximate surface area is 123 Å². The maximum atomic E-state index is 12.7. The van der Waals surface area contributed by atoms with Crippen LogP contribution in [0.5, 0.6) is 0 Å². The van der Waals surface area contributed by atoms with E-state index in [1.807, 2.05) is 24.3 Å². The minimum absolute atomic E-state index is 0.234. The van der Waals surface area contributed by atoms with Crippen molar-refractivity contribution in [2.45, 2.75) is 43.5 Å². The summed E-state index contributed by atoms with van der Waals surface area (Å²) in [6.45, 7) is 0.945. The van der Waals surface area contributed by atoms with Crippen LogP contribution in [0.2, 0.25) is 0 Å². The zero-order valence-corrected chi connectivity index (χ0v) is 12.7. The number of fused-ring (bicyclic) bond motifs is 1. The van der Waals surface area contributed by atoms with Crippen molar-refractivity contribution in [3.05, 3.63) is 35.4 Å². The number of halogens is 1. The van der Waals surface area contributed by atoms with Crippen LogP contribution in [-0.2, 0) is 5.33 Å². The van der Waals surface area contributed by atoms with Crippen molar-refractivity contribution in [1.82, 2.24) is 4.90 Å². The second-order valence-electron chi connectivity index (χ2n) is 5.73. The van der Waals surface area contributed by atoms with Crippen molar-refractivity contribution in [1.29, 1.82) is 0 Å². The van der Waals surface area contributed by atoms with Crippen LogP contribution in [0.4, 0.5) is 0 Å². The van der Waals surface area contributed by atoms with Crippen molar-refractivity contribution >= 4 is 21.8 Å². The summed E-state index contributed by atoms with van der Waals surface area (Å²) in [5.41, 5.74) is 2.06. The first-order valence-electron chi connectivity index (χ1n) is 7.25. The van der Waals surface area contributed by atoms with Crippen molar-refractivity contribution in [2.24, 2.45) is 5.92 Å². The molecule has 2 aliphatic rings. The molecule has 2 nitrogen and oxygen atoms in total. The molecule has 3 rings (SSSR count). The largest absolute Gasteiger partial charge is 0.335 e. The number of benzene rings is 1. The minimum Gasteiger partial charge on any atom is -0.335 e. The monoisotopic (exact) mass is 321 g/mol. The molecule has 0 N–H and O–H groups in total. The number of hydrogen-bond donors (Lipinski definition) is 0. The summed E-state index contributed by atoms with van der Waals surface area (Å²) >= 11 is 3.44. The van der Waals surface area contributed by atoms with Gasteiger partial charge in [-0.15, -0.1) is 0 Å². The van der Waals surface area contributed by atoms with E-state index in [1.165, 1.54) is 37.7 Å². The molecule has 1 saturated carbocycles. The molecule has 0 radical (unpaired) electrons. The average Bonchev–Trinajstić information content (AvgIpc) is 2.95. The predicted octanol–water partition coefficient (Wildman–Crippen LogP) is 3.99. The van der Waals surface area contributed by atoms with Crippen LogP contribution >= 0.6 is 15.9 Å². The Balaban J connectivity index is 1.78. The molecular formula is C16H20BrNO. The van der Waals surface area contributed by atoms with Crippen LogP contribution in [0.3, 0.4) is 0 Å². The molecule has 1 heterocycles.